The molecular formula is C35H29ClN4O4. The lowest BCUT2D eigenvalue weighted by Crippen LogP contribution is -2.28. The first-order valence-corrected chi connectivity index (χ1v) is 14.6. The summed E-state index contributed by atoms with van der Waals surface area (Å²) in [5, 5.41) is 10.3. The maximum absolute atomic E-state index is 13.7. The van der Waals surface area contributed by atoms with Crippen LogP contribution in [0.3, 0.4) is 0 Å². The first-order valence-electron chi connectivity index (χ1n) is 14.2. The van der Waals surface area contributed by atoms with Crippen LogP contribution in [-0.2, 0) is 9.59 Å². The number of hydrogen-bond acceptors (Lipinski definition) is 5. The van der Waals surface area contributed by atoms with Gasteiger partial charge in [-0.2, -0.15) is 5.10 Å². The molecule has 2 amide bonds. The zero-order chi connectivity index (χ0) is 30.6. The number of ether oxygens (including phenoxy) is 1. The monoisotopic (exact) mass is 604 g/mol. The molecule has 0 saturated heterocycles. The number of H-pyrrole nitrogens is 1. The molecule has 44 heavy (non-hydrogen) atoms. The highest BCUT2D eigenvalue weighted by Gasteiger charge is 2.35. The highest BCUT2D eigenvalue weighted by Crippen LogP contribution is 2.37. The third-order valence-electron chi connectivity index (χ3n) is 7.62. The minimum Gasteiger partial charge on any atom is -0.497 e. The number of aromatic nitrogens is 1. The number of nitrogens with zero attached hydrogens (tertiary/aromatic N) is 2. The summed E-state index contributed by atoms with van der Waals surface area (Å²) in [7, 11) is 1.57. The third-order valence-corrected chi connectivity index (χ3v) is 7.85. The summed E-state index contributed by atoms with van der Waals surface area (Å²) in [6.07, 6.45) is 0.234. The van der Waals surface area contributed by atoms with Crippen molar-refractivity contribution in [3.05, 3.63) is 130 Å². The molecular weight excluding hydrogens is 576 g/mol. The van der Waals surface area contributed by atoms with E-state index in [1.165, 1.54) is 5.01 Å². The van der Waals surface area contributed by atoms with Gasteiger partial charge < -0.3 is 15.0 Å². The van der Waals surface area contributed by atoms with E-state index in [1.54, 1.807) is 43.5 Å². The van der Waals surface area contributed by atoms with Crippen LogP contribution < -0.4 is 15.6 Å². The van der Waals surface area contributed by atoms with Crippen LogP contribution >= 0.6 is 11.6 Å². The molecule has 4 aromatic carbocycles. The molecule has 9 heteroatoms. The number of fused-ring (bicyclic) bond motifs is 1. The van der Waals surface area contributed by atoms with Gasteiger partial charge in [-0.15, -0.1) is 0 Å². The standard InChI is InChI=1S/C35H29ClN4O4/c1-44-26-15-13-25(14-16-26)37-31(41)18-19-32(42)40-30(22-8-4-2-5-9-22)21-29(39-40)34-33(23-10-6-3-7-11-23)27-20-24(36)12-17-28(27)38-35(34)43/h2-17,20,30H,18-19,21H2,1H3,(H,37,41)(H,38,43)/t30-/m1/s1. The van der Waals surface area contributed by atoms with E-state index in [0.29, 0.717) is 45.2 Å². The van der Waals surface area contributed by atoms with Gasteiger partial charge in [0.15, 0.2) is 0 Å². The van der Waals surface area contributed by atoms with Crippen molar-refractivity contribution < 1.29 is 14.3 Å². The predicted octanol–water partition coefficient (Wildman–Crippen LogP) is 6.95. The molecule has 220 valence electrons. The molecule has 0 aliphatic carbocycles. The van der Waals surface area contributed by atoms with E-state index < -0.39 is 6.04 Å². The van der Waals surface area contributed by atoms with Crippen molar-refractivity contribution in [1.29, 1.82) is 0 Å². The number of carbonyl (C=O) groups is 2. The largest absolute Gasteiger partial charge is 0.497 e. The summed E-state index contributed by atoms with van der Waals surface area (Å²) in [5.74, 6) is 0.0641. The summed E-state index contributed by atoms with van der Waals surface area (Å²) in [6.45, 7) is 0. The fourth-order valence-electron chi connectivity index (χ4n) is 5.50. The topological polar surface area (TPSA) is 104 Å². The predicted molar refractivity (Wildman–Crippen MR) is 173 cm³/mol. The second-order valence-corrected chi connectivity index (χ2v) is 10.9. The summed E-state index contributed by atoms with van der Waals surface area (Å²) < 4.78 is 5.16. The highest BCUT2D eigenvalue weighted by atomic mass is 35.5. The molecule has 0 spiro atoms. The molecule has 0 saturated carbocycles. The van der Waals surface area contributed by atoms with Gasteiger partial charge in [-0.1, -0.05) is 72.3 Å². The molecule has 1 atom stereocenters. The Balaban J connectivity index is 1.35. The molecule has 2 heterocycles. The number of carbonyl (C=O) groups excluding carboxylic acids is 2. The number of methoxy groups -OCH3 is 1. The lowest BCUT2D eigenvalue weighted by molar-refractivity contribution is -0.134. The Bertz CT molecular complexity index is 1920. The fourth-order valence-corrected chi connectivity index (χ4v) is 5.68. The number of pyridine rings is 1. The lowest BCUT2D eigenvalue weighted by Gasteiger charge is -2.22. The zero-order valence-electron chi connectivity index (χ0n) is 23.9. The van der Waals surface area contributed by atoms with E-state index >= 15 is 0 Å². The molecule has 8 nitrogen and oxygen atoms in total. The Hall–Kier alpha value is -5.21. The van der Waals surface area contributed by atoms with Crippen molar-refractivity contribution in [3.63, 3.8) is 0 Å². The van der Waals surface area contributed by atoms with Gasteiger partial charge in [0.25, 0.3) is 5.56 Å². The van der Waals surface area contributed by atoms with Crippen molar-refractivity contribution >= 4 is 45.7 Å². The van der Waals surface area contributed by atoms with Crippen LogP contribution in [0.15, 0.2) is 113 Å². The normalized spacial score (nSPS) is 14.4. The van der Waals surface area contributed by atoms with Crippen LogP contribution in [0, 0.1) is 0 Å². The fraction of sp³-hybridized carbons (Fsp3) is 0.143. The molecule has 0 unspecified atom stereocenters. The van der Waals surface area contributed by atoms with Crippen LogP contribution in [0.1, 0.15) is 36.4 Å². The van der Waals surface area contributed by atoms with Crippen molar-refractivity contribution in [3.8, 4) is 16.9 Å². The van der Waals surface area contributed by atoms with Crippen molar-refractivity contribution in [1.82, 2.24) is 9.99 Å². The molecule has 1 aromatic heterocycles. The minimum atomic E-state index is -0.443. The number of hydrogen-bond donors (Lipinski definition) is 2. The Morgan fingerprint density at radius 2 is 1.64 bits per heavy atom. The summed E-state index contributed by atoms with van der Waals surface area (Å²) in [6, 6.07) is 31.0. The van der Waals surface area contributed by atoms with Gasteiger partial charge in [0.1, 0.15) is 5.75 Å². The molecule has 0 fully saturated rings. The van der Waals surface area contributed by atoms with E-state index in [2.05, 4.69) is 10.3 Å². The van der Waals surface area contributed by atoms with E-state index in [1.807, 2.05) is 66.7 Å². The quantitative estimate of drug-likeness (QED) is 0.200. The van der Waals surface area contributed by atoms with Gasteiger partial charge in [-0.3, -0.25) is 14.4 Å². The Kier molecular flexibility index (Phi) is 8.25. The molecule has 5 aromatic rings. The number of anilines is 1. The number of benzene rings is 4. The Labute approximate surface area is 258 Å². The van der Waals surface area contributed by atoms with Crippen LogP contribution in [-0.4, -0.2) is 34.6 Å². The van der Waals surface area contributed by atoms with Gasteiger partial charge in [0.05, 0.1) is 24.4 Å². The van der Waals surface area contributed by atoms with Gasteiger partial charge in [-0.25, -0.2) is 5.01 Å². The van der Waals surface area contributed by atoms with E-state index in [9.17, 15) is 14.4 Å². The molecule has 2 N–H and O–H groups in total. The van der Waals surface area contributed by atoms with Crippen LogP contribution in [0.4, 0.5) is 5.69 Å². The Morgan fingerprint density at radius 3 is 2.34 bits per heavy atom. The maximum atomic E-state index is 13.7. The average Bonchev–Trinajstić information content (AvgIpc) is 3.49. The molecule has 0 bridgehead atoms. The van der Waals surface area contributed by atoms with Crippen LogP contribution in [0.5, 0.6) is 5.75 Å². The smallest absolute Gasteiger partial charge is 0.258 e. The Morgan fingerprint density at radius 1 is 0.932 bits per heavy atom. The number of aromatic amines is 1. The zero-order valence-corrected chi connectivity index (χ0v) is 24.7. The van der Waals surface area contributed by atoms with E-state index in [-0.39, 0.29) is 30.2 Å². The first kappa shape index (κ1) is 28.9. The van der Waals surface area contributed by atoms with E-state index in [4.69, 9.17) is 21.4 Å². The second-order valence-electron chi connectivity index (χ2n) is 10.5. The second kappa shape index (κ2) is 12.6. The van der Waals surface area contributed by atoms with Crippen molar-refractivity contribution in [2.24, 2.45) is 5.10 Å². The van der Waals surface area contributed by atoms with Gasteiger partial charge in [0, 0.05) is 46.4 Å². The summed E-state index contributed by atoms with van der Waals surface area (Å²) in [5.41, 5.74) is 4.23. The van der Waals surface area contributed by atoms with Crippen molar-refractivity contribution in [2.75, 3.05) is 12.4 Å². The summed E-state index contributed by atoms with van der Waals surface area (Å²) >= 11 is 6.41. The summed E-state index contributed by atoms with van der Waals surface area (Å²) in [4.78, 5) is 43.1. The molecule has 1 aliphatic heterocycles. The van der Waals surface area contributed by atoms with Gasteiger partial charge in [0.2, 0.25) is 11.8 Å². The number of halogens is 1. The van der Waals surface area contributed by atoms with Crippen LogP contribution in [0.2, 0.25) is 5.02 Å². The maximum Gasteiger partial charge on any atom is 0.258 e. The molecule has 1 aliphatic rings. The number of nitrogens with one attached hydrogen (secondary N) is 2. The first-order chi connectivity index (χ1) is 21.4. The van der Waals surface area contributed by atoms with Crippen molar-refractivity contribution in [2.45, 2.75) is 25.3 Å². The number of hydrazone groups is 1. The lowest BCUT2D eigenvalue weighted by atomic mass is 9.91. The highest BCUT2D eigenvalue weighted by molar-refractivity contribution is 6.31. The SMILES string of the molecule is COc1ccc(NC(=O)CCC(=O)N2N=C(c3c(-c4ccccc4)c4cc(Cl)ccc4[nH]c3=O)C[C@@H]2c2ccccc2)cc1. The average molecular weight is 605 g/mol. The number of amides is 2. The minimum absolute atomic E-state index is 0.0297. The number of rotatable bonds is 8. The molecule has 0 radical (unpaired) electrons. The molecule has 6 rings (SSSR count). The third kappa shape index (κ3) is 5.98. The van der Waals surface area contributed by atoms with Gasteiger partial charge in [-0.05, 0) is 53.6 Å². The van der Waals surface area contributed by atoms with Crippen LogP contribution in [0.25, 0.3) is 22.0 Å². The van der Waals surface area contributed by atoms with E-state index in [0.717, 1.165) is 16.5 Å². The van der Waals surface area contributed by atoms with Gasteiger partial charge >= 0.3 is 0 Å².